The molecule has 0 bridgehead atoms. The number of hydrogen-bond acceptors (Lipinski definition) is 5. The predicted octanol–water partition coefficient (Wildman–Crippen LogP) is 3.35. The monoisotopic (exact) mass is 400 g/mol. The van der Waals surface area contributed by atoms with Gasteiger partial charge < -0.3 is 14.6 Å². The van der Waals surface area contributed by atoms with E-state index in [9.17, 15) is 9.90 Å². The number of rotatable bonds is 8. The Kier molecular flexibility index (Phi) is 7.41. The third-order valence-corrected chi connectivity index (χ3v) is 6.14. The van der Waals surface area contributed by atoms with Crippen molar-refractivity contribution in [2.75, 3.05) is 20.6 Å². The van der Waals surface area contributed by atoms with Crippen LogP contribution in [0, 0.1) is 5.92 Å². The first-order valence-electron chi connectivity index (χ1n) is 11.1. The van der Waals surface area contributed by atoms with Crippen molar-refractivity contribution in [1.29, 1.82) is 0 Å². The van der Waals surface area contributed by atoms with Gasteiger partial charge in [-0.05, 0) is 57.2 Å². The van der Waals surface area contributed by atoms with Gasteiger partial charge >= 0.3 is 0 Å². The highest BCUT2D eigenvalue weighted by atomic mass is 16.3. The van der Waals surface area contributed by atoms with Crippen LogP contribution in [0.2, 0.25) is 0 Å². The van der Waals surface area contributed by atoms with Gasteiger partial charge in [0.05, 0.1) is 17.0 Å². The van der Waals surface area contributed by atoms with Crippen LogP contribution in [0.25, 0.3) is 10.9 Å². The molecule has 1 atom stereocenters. The van der Waals surface area contributed by atoms with E-state index in [-0.39, 0.29) is 11.7 Å². The second-order valence-electron chi connectivity index (χ2n) is 9.04. The molecule has 1 aliphatic rings. The summed E-state index contributed by atoms with van der Waals surface area (Å²) in [4.78, 5) is 24.6. The lowest BCUT2D eigenvalue weighted by Crippen LogP contribution is -2.28. The van der Waals surface area contributed by atoms with E-state index in [1.54, 1.807) is 6.20 Å². The van der Waals surface area contributed by atoms with Gasteiger partial charge in [0.2, 0.25) is 0 Å². The summed E-state index contributed by atoms with van der Waals surface area (Å²) in [5, 5.41) is 10.6. The third kappa shape index (κ3) is 5.43. The number of aromatic nitrogens is 3. The second-order valence-corrected chi connectivity index (χ2v) is 9.04. The Hall–Kier alpha value is -1.79. The average molecular weight is 401 g/mol. The van der Waals surface area contributed by atoms with Gasteiger partial charge in [-0.25, -0.2) is 9.97 Å². The maximum atomic E-state index is 13.1. The van der Waals surface area contributed by atoms with Gasteiger partial charge in [-0.3, -0.25) is 4.79 Å². The largest absolute Gasteiger partial charge is 0.393 e. The molecular formula is C23H36N4O2. The van der Waals surface area contributed by atoms with Crippen LogP contribution in [0.3, 0.4) is 0 Å². The standard InChI is InChI=1S/C23H36N4O2/c1-5-6-16(2)13-21-24-14-19-22(25-21)20(17-7-9-18(28)10-8-17)15-27(23(19)29)12-11-26(3)4/h14-18,28H,5-13H2,1-4H3. The van der Waals surface area contributed by atoms with Crippen molar-refractivity contribution in [2.24, 2.45) is 5.92 Å². The molecule has 2 aromatic heterocycles. The summed E-state index contributed by atoms with van der Waals surface area (Å²) in [5.74, 6) is 1.70. The Bertz CT molecular complexity index is 869. The number of nitrogens with zero attached hydrogens (tertiary/aromatic N) is 4. The zero-order valence-corrected chi connectivity index (χ0v) is 18.4. The highest BCUT2D eigenvalue weighted by Crippen LogP contribution is 2.35. The number of fused-ring (bicyclic) bond motifs is 1. The Labute approximate surface area is 174 Å². The van der Waals surface area contributed by atoms with Gasteiger partial charge in [0.25, 0.3) is 5.56 Å². The van der Waals surface area contributed by atoms with E-state index in [0.717, 1.165) is 68.4 Å². The van der Waals surface area contributed by atoms with E-state index in [0.29, 0.717) is 23.8 Å². The average Bonchev–Trinajstić information content (AvgIpc) is 2.68. The molecule has 1 aliphatic carbocycles. The maximum absolute atomic E-state index is 13.1. The van der Waals surface area contributed by atoms with Crippen molar-refractivity contribution < 1.29 is 5.11 Å². The molecule has 0 radical (unpaired) electrons. The first-order chi connectivity index (χ1) is 13.9. The van der Waals surface area contributed by atoms with Crippen LogP contribution in [-0.2, 0) is 13.0 Å². The minimum absolute atomic E-state index is 0.00500. The van der Waals surface area contributed by atoms with E-state index in [1.807, 2.05) is 24.9 Å². The number of hydrogen-bond donors (Lipinski definition) is 1. The van der Waals surface area contributed by atoms with Gasteiger partial charge in [0.1, 0.15) is 5.82 Å². The van der Waals surface area contributed by atoms with Crippen LogP contribution in [0.4, 0.5) is 0 Å². The first kappa shape index (κ1) is 21.9. The molecule has 1 unspecified atom stereocenters. The molecule has 1 saturated carbocycles. The molecule has 2 heterocycles. The summed E-state index contributed by atoms with van der Waals surface area (Å²) in [7, 11) is 4.03. The molecule has 6 nitrogen and oxygen atoms in total. The molecule has 0 aliphatic heterocycles. The highest BCUT2D eigenvalue weighted by Gasteiger charge is 2.25. The Balaban J connectivity index is 2.03. The summed E-state index contributed by atoms with van der Waals surface area (Å²) < 4.78 is 1.82. The number of likely N-dealkylation sites (N-methyl/N-ethyl adjacent to an activating group) is 1. The number of aliphatic hydroxyl groups excluding tert-OH is 1. The Morgan fingerprint density at radius 2 is 2.00 bits per heavy atom. The molecule has 1 fully saturated rings. The van der Waals surface area contributed by atoms with Crippen molar-refractivity contribution in [3.05, 3.63) is 34.1 Å². The van der Waals surface area contributed by atoms with Gasteiger partial charge in [-0.1, -0.05) is 26.7 Å². The summed E-state index contributed by atoms with van der Waals surface area (Å²) in [6.45, 7) is 5.89. The smallest absolute Gasteiger partial charge is 0.261 e. The van der Waals surface area contributed by atoms with E-state index >= 15 is 0 Å². The van der Waals surface area contributed by atoms with Crippen LogP contribution < -0.4 is 5.56 Å². The van der Waals surface area contributed by atoms with Crippen molar-refractivity contribution in [1.82, 2.24) is 19.4 Å². The zero-order chi connectivity index (χ0) is 21.0. The van der Waals surface area contributed by atoms with Crippen LogP contribution in [0.5, 0.6) is 0 Å². The second kappa shape index (κ2) is 9.81. The molecule has 6 heteroatoms. The lowest BCUT2D eigenvalue weighted by atomic mass is 9.82. The van der Waals surface area contributed by atoms with Crippen molar-refractivity contribution >= 4 is 10.9 Å². The van der Waals surface area contributed by atoms with Gasteiger partial charge in [0.15, 0.2) is 0 Å². The minimum atomic E-state index is -0.197. The van der Waals surface area contributed by atoms with Gasteiger partial charge in [-0.15, -0.1) is 0 Å². The SMILES string of the molecule is CCCC(C)Cc1ncc2c(=O)n(CCN(C)C)cc(C3CCC(O)CC3)c2n1. The molecule has 0 aromatic carbocycles. The number of aliphatic hydroxyl groups is 1. The fourth-order valence-electron chi connectivity index (χ4n) is 4.40. The minimum Gasteiger partial charge on any atom is -0.393 e. The van der Waals surface area contributed by atoms with Crippen LogP contribution >= 0.6 is 0 Å². The number of pyridine rings is 1. The molecular weight excluding hydrogens is 364 g/mol. The maximum Gasteiger partial charge on any atom is 0.261 e. The first-order valence-corrected chi connectivity index (χ1v) is 11.1. The van der Waals surface area contributed by atoms with E-state index in [1.165, 1.54) is 0 Å². The molecule has 3 rings (SSSR count). The zero-order valence-electron chi connectivity index (χ0n) is 18.4. The van der Waals surface area contributed by atoms with Gasteiger partial charge in [0, 0.05) is 31.9 Å². The third-order valence-electron chi connectivity index (χ3n) is 6.14. The lowest BCUT2D eigenvalue weighted by molar-refractivity contribution is 0.122. The molecule has 1 N–H and O–H groups in total. The summed E-state index contributed by atoms with van der Waals surface area (Å²) in [6, 6.07) is 0. The summed E-state index contributed by atoms with van der Waals surface area (Å²) >= 11 is 0. The fraction of sp³-hybridized carbons (Fsp3) is 0.696. The van der Waals surface area contributed by atoms with Crippen molar-refractivity contribution in [2.45, 2.75) is 77.4 Å². The summed E-state index contributed by atoms with van der Waals surface area (Å²) in [6.07, 6.45) is 10.2. The molecule has 160 valence electrons. The fourth-order valence-corrected chi connectivity index (χ4v) is 4.40. The van der Waals surface area contributed by atoms with Crippen molar-refractivity contribution in [3.8, 4) is 0 Å². The van der Waals surface area contributed by atoms with E-state index in [2.05, 4.69) is 23.7 Å². The van der Waals surface area contributed by atoms with Crippen LogP contribution in [0.15, 0.2) is 17.2 Å². The molecule has 2 aromatic rings. The predicted molar refractivity (Wildman–Crippen MR) is 117 cm³/mol. The molecule has 0 amide bonds. The topological polar surface area (TPSA) is 71.2 Å². The molecule has 29 heavy (non-hydrogen) atoms. The Morgan fingerprint density at radius 1 is 1.28 bits per heavy atom. The van der Waals surface area contributed by atoms with Gasteiger partial charge in [-0.2, -0.15) is 0 Å². The van der Waals surface area contributed by atoms with Crippen LogP contribution in [-0.4, -0.2) is 51.3 Å². The van der Waals surface area contributed by atoms with E-state index in [4.69, 9.17) is 4.98 Å². The quantitative estimate of drug-likeness (QED) is 0.736. The van der Waals surface area contributed by atoms with Crippen LogP contribution in [0.1, 0.15) is 69.7 Å². The molecule has 0 saturated heterocycles. The highest BCUT2D eigenvalue weighted by molar-refractivity contribution is 5.80. The van der Waals surface area contributed by atoms with Crippen molar-refractivity contribution in [3.63, 3.8) is 0 Å². The lowest BCUT2D eigenvalue weighted by Gasteiger charge is -2.27. The normalized spacial score (nSPS) is 21.0. The Morgan fingerprint density at radius 3 is 2.66 bits per heavy atom. The summed E-state index contributed by atoms with van der Waals surface area (Å²) in [5.41, 5.74) is 1.97. The molecule has 0 spiro atoms. The van der Waals surface area contributed by atoms with E-state index < -0.39 is 0 Å².